The van der Waals surface area contributed by atoms with Crippen LogP contribution in [0, 0.1) is 0 Å². The molecule has 0 aliphatic carbocycles. The van der Waals surface area contributed by atoms with Crippen molar-refractivity contribution in [1.82, 2.24) is 4.31 Å². The molecular formula is C17H13ClF3NO4S. The molecule has 0 unspecified atom stereocenters. The first-order chi connectivity index (χ1) is 12.5. The number of hydrogen-bond acceptors (Lipinski definition) is 3. The van der Waals surface area contributed by atoms with Gasteiger partial charge in [-0.3, -0.25) is 4.79 Å². The van der Waals surface area contributed by atoms with Gasteiger partial charge in [0.15, 0.2) is 0 Å². The molecule has 0 amide bonds. The molecule has 0 saturated heterocycles. The predicted octanol–water partition coefficient (Wildman–Crippen LogP) is 3.56. The minimum Gasteiger partial charge on any atom is -0.480 e. The van der Waals surface area contributed by atoms with E-state index in [0.29, 0.717) is 21.5 Å². The Bertz CT molecular complexity index is 1010. The summed E-state index contributed by atoms with van der Waals surface area (Å²) in [5.74, 6) is -1.38. The maximum atomic E-state index is 13.1. The van der Waals surface area contributed by atoms with Gasteiger partial charge in [-0.05, 0) is 29.3 Å². The third-order valence-electron chi connectivity index (χ3n) is 4.34. The lowest BCUT2D eigenvalue weighted by Gasteiger charge is -2.33. The first-order valence-electron chi connectivity index (χ1n) is 7.70. The molecule has 1 aliphatic heterocycles. The number of sulfonamides is 1. The van der Waals surface area contributed by atoms with Gasteiger partial charge in [-0.2, -0.15) is 17.5 Å². The number of aliphatic carboxylic acids is 1. The zero-order chi connectivity index (χ0) is 20.0. The molecule has 0 radical (unpaired) electrons. The van der Waals surface area contributed by atoms with Crippen LogP contribution in [0.4, 0.5) is 13.2 Å². The summed E-state index contributed by atoms with van der Waals surface area (Å²) < 4.78 is 65.8. The van der Waals surface area contributed by atoms with E-state index in [1.165, 1.54) is 0 Å². The second kappa shape index (κ2) is 6.81. The normalized spacial score (nSPS) is 18.1. The van der Waals surface area contributed by atoms with Crippen molar-refractivity contribution >= 4 is 27.6 Å². The Kier molecular flexibility index (Phi) is 4.96. The number of rotatable bonds is 3. The van der Waals surface area contributed by atoms with Crippen LogP contribution < -0.4 is 0 Å². The smallest absolute Gasteiger partial charge is 0.417 e. The van der Waals surface area contributed by atoms with E-state index in [4.69, 9.17) is 11.6 Å². The molecule has 0 saturated carbocycles. The quantitative estimate of drug-likeness (QED) is 0.825. The van der Waals surface area contributed by atoms with E-state index in [1.807, 2.05) is 0 Å². The van der Waals surface area contributed by atoms with Crippen molar-refractivity contribution in [2.24, 2.45) is 0 Å². The Morgan fingerprint density at radius 1 is 1.15 bits per heavy atom. The molecule has 2 aromatic carbocycles. The van der Waals surface area contributed by atoms with E-state index >= 15 is 0 Å². The fraction of sp³-hybridized carbons (Fsp3) is 0.235. The van der Waals surface area contributed by atoms with Crippen LogP contribution in [-0.4, -0.2) is 29.8 Å². The Labute approximate surface area is 158 Å². The van der Waals surface area contributed by atoms with Crippen molar-refractivity contribution in [3.8, 4) is 0 Å². The molecule has 2 aromatic rings. The van der Waals surface area contributed by atoms with E-state index in [2.05, 4.69) is 0 Å². The summed E-state index contributed by atoms with van der Waals surface area (Å²) in [7, 11) is -4.50. The third-order valence-corrected chi connectivity index (χ3v) is 6.52. The molecule has 10 heteroatoms. The van der Waals surface area contributed by atoms with Gasteiger partial charge in [-0.1, -0.05) is 35.9 Å². The number of nitrogens with zero attached hydrogens (tertiary/aromatic N) is 1. The van der Waals surface area contributed by atoms with Crippen LogP contribution in [0.1, 0.15) is 16.7 Å². The first kappa shape index (κ1) is 19.7. The molecule has 144 valence electrons. The minimum atomic E-state index is -4.84. The SMILES string of the molecule is O=C(O)[C@H]1Cc2ccccc2CN1S(=O)(=O)c1ccc(Cl)c(C(F)(F)F)c1. The van der Waals surface area contributed by atoms with E-state index in [-0.39, 0.29) is 13.0 Å². The maximum absolute atomic E-state index is 13.1. The summed E-state index contributed by atoms with van der Waals surface area (Å²) >= 11 is 5.54. The number of hydrogen-bond donors (Lipinski definition) is 1. The topological polar surface area (TPSA) is 74.7 Å². The van der Waals surface area contributed by atoms with Crippen LogP contribution in [0.25, 0.3) is 0 Å². The molecule has 27 heavy (non-hydrogen) atoms. The fourth-order valence-electron chi connectivity index (χ4n) is 2.98. The summed E-state index contributed by atoms with van der Waals surface area (Å²) in [5.41, 5.74) is -0.0125. The highest BCUT2D eigenvalue weighted by molar-refractivity contribution is 7.89. The van der Waals surface area contributed by atoms with Gasteiger partial charge in [-0.25, -0.2) is 8.42 Å². The monoisotopic (exact) mass is 419 g/mol. The van der Waals surface area contributed by atoms with Crippen molar-refractivity contribution in [1.29, 1.82) is 0 Å². The van der Waals surface area contributed by atoms with E-state index in [0.717, 1.165) is 12.1 Å². The van der Waals surface area contributed by atoms with Gasteiger partial charge in [0.25, 0.3) is 0 Å². The zero-order valence-corrected chi connectivity index (χ0v) is 15.1. The number of carbonyl (C=O) groups is 1. The summed E-state index contributed by atoms with van der Waals surface area (Å²) in [6.45, 7) is -0.251. The lowest BCUT2D eigenvalue weighted by Crippen LogP contribution is -2.48. The molecule has 1 heterocycles. The molecule has 0 spiro atoms. The molecule has 1 aliphatic rings. The molecule has 1 N–H and O–H groups in total. The Balaban J connectivity index is 2.10. The molecule has 0 aromatic heterocycles. The second-order valence-electron chi connectivity index (χ2n) is 6.02. The highest BCUT2D eigenvalue weighted by Crippen LogP contribution is 2.37. The third kappa shape index (κ3) is 3.67. The average molecular weight is 420 g/mol. The summed E-state index contributed by atoms with van der Waals surface area (Å²) in [4.78, 5) is 11.0. The molecule has 0 fully saturated rings. The minimum absolute atomic E-state index is 0.0789. The molecule has 5 nitrogen and oxygen atoms in total. The van der Waals surface area contributed by atoms with Crippen molar-refractivity contribution in [2.75, 3.05) is 0 Å². The number of carboxylic acids is 1. The van der Waals surface area contributed by atoms with Crippen LogP contribution in [-0.2, 0) is 34.0 Å². The van der Waals surface area contributed by atoms with Crippen molar-refractivity contribution in [3.63, 3.8) is 0 Å². The number of alkyl halides is 3. The zero-order valence-electron chi connectivity index (χ0n) is 13.6. The summed E-state index contributed by atoms with van der Waals surface area (Å²) in [6.07, 6.45) is -4.92. The maximum Gasteiger partial charge on any atom is 0.417 e. The molecular weight excluding hydrogens is 407 g/mol. The predicted molar refractivity (Wildman–Crippen MR) is 90.8 cm³/mol. The fourth-order valence-corrected chi connectivity index (χ4v) is 4.79. The van der Waals surface area contributed by atoms with Gasteiger partial charge in [0, 0.05) is 13.0 Å². The average Bonchev–Trinajstić information content (AvgIpc) is 2.59. The Morgan fingerprint density at radius 2 is 1.78 bits per heavy atom. The van der Waals surface area contributed by atoms with E-state index in [9.17, 15) is 31.5 Å². The number of halogens is 4. The van der Waals surface area contributed by atoms with Gasteiger partial charge in [0.2, 0.25) is 10.0 Å². The van der Waals surface area contributed by atoms with Gasteiger partial charge < -0.3 is 5.11 Å². The highest BCUT2D eigenvalue weighted by Gasteiger charge is 2.41. The van der Waals surface area contributed by atoms with Gasteiger partial charge in [0.05, 0.1) is 15.5 Å². The van der Waals surface area contributed by atoms with Gasteiger partial charge >= 0.3 is 12.1 Å². The Morgan fingerprint density at radius 3 is 2.37 bits per heavy atom. The van der Waals surface area contributed by atoms with Crippen LogP contribution in [0.2, 0.25) is 5.02 Å². The number of fused-ring (bicyclic) bond motifs is 1. The standard InChI is InChI=1S/C17H13ClF3NO4S/c18-14-6-5-12(8-13(14)17(19,20)21)27(25,26)22-9-11-4-2-1-3-10(11)7-15(22)16(23)24/h1-6,8,15H,7,9H2,(H,23,24)/t15-/m1/s1. The van der Waals surface area contributed by atoms with Crippen LogP contribution in [0.5, 0.6) is 0 Å². The van der Waals surface area contributed by atoms with Crippen LogP contribution >= 0.6 is 11.6 Å². The first-order valence-corrected chi connectivity index (χ1v) is 9.52. The lowest BCUT2D eigenvalue weighted by molar-refractivity contribution is -0.142. The van der Waals surface area contributed by atoms with Crippen molar-refractivity contribution in [2.45, 2.75) is 30.1 Å². The lowest BCUT2D eigenvalue weighted by atomic mass is 9.96. The molecule has 1 atom stereocenters. The van der Waals surface area contributed by atoms with Gasteiger partial charge in [0.1, 0.15) is 6.04 Å². The largest absolute Gasteiger partial charge is 0.480 e. The summed E-state index contributed by atoms with van der Waals surface area (Å²) in [6, 6.07) is 7.51. The second-order valence-corrected chi connectivity index (χ2v) is 8.31. The molecule has 0 bridgehead atoms. The van der Waals surface area contributed by atoms with Crippen LogP contribution in [0.15, 0.2) is 47.4 Å². The highest BCUT2D eigenvalue weighted by atomic mass is 35.5. The van der Waals surface area contributed by atoms with Crippen molar-refractivity contribution < 1.29 is 31.5 Å². The van der Waals surface area contributed by atoms with Crippen molar-refractivity contribution in [3.05, 3.63) is 64.2 Å². The van der Waals surface area contributed by atoms with Crippen LogP contribution in [0.3, 0.4) is 0 Å². The number of carboxylic acid groups (broad SMARTS) is 1. The van der Waals surface area contributed by atoms with Gasteiger partial charge in [-0.15, -0.1) is 0 Å². The van der Waals surface area contributed by atoms with E-state index in [1.54, 1.807) is 24.3 Å². The summed E-state index contributed by atoms with van der Waals surface area (Å²) in [5, 5.41) is 8.83. The van der Waals surface area contributed by atoms with E-state index < -0.39 is 43.7 Å². The Hall–Kier alpha value is -2.10. The number of benzene rings is 2. The molecule has 3 rings (SSSR count).